The standard InChI is InChI=1S/C22H19N3O2S/c1-25(14-17-10-7-13-27-17)20(26)15-28-22-19-12-6-5-11-18(19)21(23-24-22)16-8-3-2-4-9-16/h2-13H,14-15H2,1H3. The number of amides is 1. The van der Waals surface area contributed by atoms with Gasteiger partial charge in [0, 0.05) is 23.4 Å². The summed E-state index contributed by atoms with van der Waals surface area (Å²) in [7, 11) is 1.77. The maximum atomic E-state index is 12.5. The Kier molecular flexibility index (Phi) is 5.39. The number of benzene rings is 2. The topological polar surface area (TPSA) is 59.2 Å². The van der Waals surface area contributed by atoms with Gasteiger partial charge < -0.3 is 9.32 Å². The van der Waals surface area contributed by atoms with Gasteiger partial charge in [-0.2, -0.15) is 0 Å². The van der Waals surface area contributed by atoms with Gasteiger partial charge in [-0.1, -0.05) is 66.4 Å². The monoisotopic (exact) mass is 389 g/mol. The lowest BCUT2D eigenvalue weighted by Crippen LogP contribution is -2.27. The van der Waals surface area contributed by atoms with E-state index >= 15 is 0 Å². The molecule has 2 heterocycles. The zero-order valence-electron chi connectivity index (χ0n) is 15.4. The average Bonchev–Trinajstić information content (AvgIpc) is 3.25. The molecule has 0 fully saturated rings. The van der Waals surface area contributed by atoms with E-state index in [0.29, 0.717) is 12.3 Å². The number of hydrogen-bond acceptors (Lipinski definition) is 5. The molecule has 0 aliphatic heterocycles. The maximum Gasteiger partial charge on any atom is 0.233 e. The van der Waals surface area contributed by atoms with Crippen molar-refractivity contribution in [1.82, 2.24) is 15.1 Å². The second-order valence-corrected chi connectivity index (χ2v) is 7.35. The Hall–Kier alpha value is -3.12. The van der Waals surface area contributed by atoms with E-state index in [-0.39, 0.29) is 5.91 Å². The summed E-state index contributed by atoms with van der Waals surface area (Å²) in [6, 6.07) is 21.7. The third-order valence-electron chi connectivity index (χ3n) is 4.43. The normalized spacial score (nSPS) is 10.9. The molecule has 0 saturated carbocycles. The van der Waals surface area contributed by atoms with Crippen LogP contribution in [0.15, 0.2) is 82.4 Å². The van der Waals surface area contributed by atoms with Crippen molar-refractivity contribution >= 4 is 28.4 Å². The van der Waals surface area contributed by atoms with Crippen LogP contribution in [0.4, 0.5) is 0 Å². The Bertz CT molecular complexity index is 1080. The number of hydrogen-bond donors (Lipinski definition) is 0. The Morgan fingerprint density at radius 2 is 1.71 bits per heavy atom. The summed E-state index contributed by atoms with van der Waals surface area (Å²) < 4.78 is 5.31. The van der Waals surface area contributed by atoms with E-state index in [4.69, 9.17) is 4.42 Å². The number of carbonyl (C=O) groups excluding carboxylic acids is 1. The van der Waals surface area contributed by atoms with Crippen LogP contribution in [0.1, 0.15) is 5.76 Å². The molecule has 0 aliphatic rings. The van der Waals surface area contributed by atoms with Crippen LogP contribution in [0.5, 0.6) is 0 Å². The van der Waals surface area contributed by atoms with Crippen molar-refractivity contribution in [3.8, 4) is 11.3 Å². The van der Waals surface area contributed by atoms with E-state index < -0.39 is 0 Å². The van der Waals surface area contributed by atoms with Gasteiger partial charge in [0.05, 0.1) is 18.6 Å². The zero-order chi connectivity index (χ0) is 19.3. The molecule has 2 aromatic heterocycles. The summed E-state index contributed by atoms with van der Waals surface area (Å²) in [4.78, 5) is 14.1. The SMILES string of the molecule is CN(Cc1ccco1)C(=O)CSc1nnc(-c2ccccc2)c2ccccc12. The molecule has 0 saturated heterocycles. The Morgan fingerprint density at radius 3 is 2.46 bits per heavy atom. The quantitative estimate of drug-likeness (QED) is 0.450. The van der Waals surface area contributed by atoms with Gasteiger partial charge in [-0.05, 0) is 12.1 Å². The number of nitrogens with zero attached hydrogens (tertiary/aromatic N) is 3. The van der Waals surface area contributed by atoms with Crippen LogP contribution in [-0.2, 0) is 11.3 Å². The zero-order valence-corrected chi connectivity index (χ0v) is 16.2. The third-order valence-corrected chi connectivity index (χ3v) is 5.40. The van der Waals surface area contributed by atoms with Crippen molar-refractivity contribution in [1.29, 1.82) is 0 Å². The largest absolute Gasteiger partial charge is 0.467 e. The lowest BCUT2D eigenvalue weighted by molar-refractivity contribution is -0.127. The summed E-state index contributed by atoms with van der Waals surface area (Å²) in [6.07, 6.45) is 1.61. The summed E-state index contributed by atoms with van der Waals surface area (Å²) >= 11 is 1.41. The number of furan rings is 1. The van der Waals surface area contributed by atoms with Crippen LogP contribution in [0.25, 0.3) is 22.0 Å². The molecule has 0 spiro atoms. The van der Waals surface area contributed by atoms with Gasteiger partial charge in [-0.3, -0.25) is 4.79 Å². The minimum absolute atomic E-state index is 0.0133. The molecule has 0 bridgehead atoms. The Balaban J connectivity index is 1.54. The van der Waals surface area contributed by atoms with Crippen LogP contribution in [-0.4, -0.2) is 33.8 Å². The molecule has 6 heteroatoms. The third kappa shape index (κ3) is 3.92. The van der Waals surface area contributed by atoms with Crippen molar-refractivity contribution in [2.75, 3.05) is 12.8 Å². The highest BCUT2D eigenvalue weighted by Crippen LogP contribution is 2.31. The minimum atomic E-state index is 0.0133. The first-order valence-corrected chi connectivity index (χ1v) is 9.91. The molecule has 0 radical (unpaired) electrons. The fourth-order valence-electron chi connectivity index (χ4n) is 2.96. The first-order chi connectivity index (χ1) is 13.7. The number of rotatable bonds is 6. The second-order valence-electron chi connectivity index (χ2n) is 6.38. The van der Waals surface area contributed by atoms with Gasteiger partial charge in [0.15, 0.2) is 0 Å². The van der Waals surface area contributed by atoms with Gasteiger partial charge in [-0.15, -0.1) is 10.2 Å². The van der Waals surface area contributed by atoms with E-state index in [0.717, 1.165) is 32.8 Å². The van der Waals surface area contributed by atoms with Gasteiger partial charge >= 0.3 is 0 Å². The van der Waals surface area contributed by atoms with Gasteiger partial charge in [-0.25, -0.2) is 0 Å². The van der Waals surface area contributed by atoms with E-state index in [9.17, 15) is 4.79 Å². The molecule has 4 rings (SSSR count). The predicted octanol–water partition coefficient (Wildman–Crippen LogP) is 4.64. The molecule has 5 nitrogen and oxygen atoms in total. The van der Waals surface area contributed by atoms with Crippen LogP contribution in [0, 0.1) is 0 Å². The molecular weight excluding hydrogens is 370 g/mol. The number of thioether (sulfide) groups is 1. The van der Waals surface area contributed by atoms with Crippen molar-refractivity contribution in [3.63, 3.8) is 0 Å². The van der Waals surface area contributed by atoms with Crippen molar-refractivity contribution < 1.29 is 9.21 Å². The van der Waals surface area contributed by atoms with E-state index in [1.807, 2.05) is 66.7 Å². The van der Waals surface area contributed by atoms with E-state index in [1.165, 1.54) is 11.8 Å². The molecule has 2 aromatic carbocycles. The van der Waals surface area contributed by atoms with Crippen molar-refractivity contribution in [2.24, 2.45) is 0 Å². The first-order valence-electron chi connectivity index (χ1n) is 8.92. The highest BCUT2D eigenvalue weighted by Gasteiger charge is 2.15. The molecule has 0 N–H and O–H groups in total. The van der Waals surface area contributed by atoms with Crippen LogP contribution in [0.2, 0.25) is 0 Å². The summed E-state index contributed by atoms with van der Waals surface area (Å²) in [5.41, 5.74) is 1.87. The van der Waals surface area contributed by atoms with Crippen LogP contribution < -0.4 is 0 Å². The number of aromatic nitrogens is 2. The molecule has 4 aromatic rings. The Labute approximate surface area is 167 Å². The highest BCUT2D eigenvalue weighted by molar-refractivity contribution is 8.00. The fraction of sp³-hybridized carbons (Fsp3) is 0.136. The molecule has 0 atom stereocenters. The first kappa shape index (κ1) is 18.3. The lowest BCUT2D eigenvalue weighted by Gasteiger charge is -2.15. The van der Waals surface area contributed by atoms with Crippen LogP contribution >= 0.6 is 11.8 Å². The lowest BCUT2D eigenvalue weighted by atomic mass is 10.1. The van der Waals surface area contributed by atoms with Gasteiger partial charge in [0.1, 0.15) is 16.5 Å². The highest BCUT2D eigenvalue weighted by atomic mass is 32.2. The average molecular weight is 389 g/mol. The maximum absolute atomic E-state index is 12.5. The fourth-order valence-corrected chi connectivity index (χ4v) is 3.87. The van der Waals surface area contributed by atoms with Crippen LogP contribution in [0.3, 0.4) is 0 Å². The van der Waals surface area contributed by atoms with Crippen molar-refractivity contribution in [3.05, 3.63) is 78.8 Å². The minimum Gasteiger partial charge on any atom is -0.467 e. The predicted molar refractivity (Wildman–Crippen MR) is 111 cm³/mol. The Morgan fingerprint density at radius 1 is 0.964 bits per heavy atom. The second kappa shape index (κ2) is 8.27. The summed E-state index contributed by atoms with van der Waals surface area (Å²) in [5.74, 6) is 1.07. The van der Waals surface area contributed by atoms with E-state index in [1.54, 1.807) is 18.2 Å². The summed E-state index contributed by atoms with van der Waals surface area (Å²) in [5, 5.41) is 11.7. The molecule has 0 aliphatic carbocycles. The molecule has 28 heavy (non-hydrogen) atoms. The molecular formula is C22H19N3O2S. The van der Waals surface area contributed by atoms with Gasteiger partial charge in [0.25, 0.3) is 0 Å². The number of carbonyl (C=O) groups is 1. The smallest absolute Gasteiger partial charge is 0.233 e. The molecule has 0 unspecified atom stereocenters. The molecule has 140 valence electrons. The van der Waals surface area contributed by atoms with Gasteiger partial charge in [0.2, 0.25) is 5.91 Å². The summed E-state index contributed by atoms with van der Waals surface area (Å²) in [6.45, 7) is 0.450. The molecule has 1 amide bonds. The van der Waals surface area contributed by atoms with Crippen molar-refractivity contribution in [2.45, 2.75) is 11.6 Å². The van der Waals surface area contributed by atoms with E-state index in [2.05, 4.69) is 10.2 Å². The number of fused-ring (bicyclic) bond motifs is 1.